The molecule has 2 atom stereocenters. The highest BCUT2D eigenvalue weighted by Crippen LogP contribution is 2.30. The number of halogens is 1. The van der Waals surface area contributed by atoms with Gasteiger partial charge in [-0.25, -0.2) is 9.18 Å². The van der Waals surface area contributed by atoms with Gasteiger partial charge in [-0.3, -0.25) is 0 Å². The van der Waals surface area contributed by atoms with Gasteiger partial charge >= 0.3 is 6.03 Å². The van der Waals surface area contributed by atoms with Crippen LogP contribution in [-0.2, 0) is 0 Å². The number of aliphatic hydroxyl groups excluding tert-OH is 1. The molecule has 2 amide bonds. The number of carbonyl (C=O) groups is 1. The second kappa shape index (κ2) is 6.52. The quantitative estimate of drug-likeness (QED) is 0.783. The zero-order chi connectivity index (χ0) is 13.7. The number of carbonyl (C=O) groups excluding carboxylic acids is 1. The predicted octanol–water partition coefficient (Wildman–Crippen LogP) is 2.36. The Balaban J connectivity index is 1.80. The number of hydrogen-bond acceptors (Lipinski definition) is 2. The molecule has 0 radical (unpaired) electrons. The first-order valence-corrected chi connectivity index (χ1v) is 6.61. The van der Waals surface area contributed by atoms with E-state index in [-0.39, 0.29) is 18.2 Å². The Morgan fingerprint density at radius 2 is 2.05 bits per heavy atom. The fraction of sp³-hybridized carbons (Fsp3) is 0.500. The van der Waals surface area contributed by atoms with Crippen LogP contribution in [0, 0.1) is 17.7 Å². The van der Waals surface area contributed by atoms with Crippen LogP contribution >= 0.6 is 0 Å². The summed E-state index contributed by atoms with van der Waals surface area (Å²) in [5.74, 6) is 0.136. The lowest BCUT2D eigenvalue weighted by molar-refractivity contribution is 0.192. The normalized spacial score (nSPS) is 22.2. The minimum Gasteiger partial charge on any atom is -0.396 e. The molecule has 5 heteroatoms. The van der Waals surface area contributed by atoms with Crippen molar-refractivity contribution in [3.05, 3.63) is 30.1 Å². The van der Waals surface area contributed by atoms with E-state index in [1.165, 1.54) is 12.1 Å². The van der Waals surface area contributed by atoms with Crippen molar-refractivity contribution in [2.75, 3.05) is 18.5 Å². The van der Waals surface area contributed by atoms with Crippen molar-refractivity contribution in [2.24, 2.45) is 11.8 Å². The number of amides is 2. The fourth-order valence-electron chi connectivity index (χ4n) is 2.58. The highest BCUT2D eigenvalue weighted by molar-refractivity contribution is 5.89. The van der Waals surface area contributed by atoms with Gasteiger partial charge in [0.25, 0.3) is 0 Å². The van der Waals surface area contributed by atoms with Crippen molar-refractivity contribution >= 4 is 11.7 Å². The molecular weight excluding hydrogens is 247 g/mol. The van der Waals surface area contributed by atoms with Crippen LogP contribution in [0.15, 0.2) is 24.3 Å². The molecule has 1 aromatic carbocycles. The van der Waals surface area contributed by atoms with Gasteiger partial charge in [0.2, 0.25) is 0 Å². The number of benzene rings is 1. The van der Waals surface area contributed by atoms with E-state index in [2.05, 4.69) is 10.6 Å². The van der Waals surface area contributed by atoms with Crippen molar-refractivity contribution < 1.29 is 14.3 Å². The first kappa shape index (κ1) is 13.8. The van der Waals surface area contributed by atoms with Gasteiger partial charge in [-0.05, 0) is 36.8 Å². The third-order valence-electron chi connectivity index (χ3n) is 3.70. The topological polar surface area (TPSA) is 61.4 Å². The molecule has 19 heavy (non-hydrogen) atoms. The van der Waals surface area contributed by atoms with E-state index in [1.807, 2.05) is 0 Å². The maximum atomic E-state index is 13.3. The summed E-state index contributed by atoms with van der Waals surface area (Å²) in [6.07, 6.45) is 3.12. The number of nitrogens with one attached hydrogen (secondary N) is 2. The Hall–Kier alpha value is -1.62. The molecule has 2 unspecified atom stereocenters. The molecule has 0 bridgehead atoms. The minimum absolute atomic E-state index is 0.168. The molecular formula is C14H19FN2O2. The van der Waals surface area contributed by atoms with Gasteiger partial charge in [0, 0.05) is 13.2 Å². The largest absolute Gasteiger partial charge is 0.396 e. The van der Waals surface area contributed by atoms with Crippen LogP contribution in [0.4, 0.5) is 14.9 Å². The highest BCUT2D eigenvalue weighted by Gasteiger charge is 2.26. The molecule has 1 aliphatic rings. The van der Waals surface area contributed by atoms with Crippen molar-refractivity contribution in [1.29, 1.82) is 0 Å². The molecule has 104 valence electrons. The van der Waals surface area contributed by atoms with Crippen molar-refractivity contribution in [2.45, 2.75) is 19.3 Å². The van der Waals surface area contributed by atoms with Crippen molar-refractivity contribution in [1.82, 2.24) is 5.32 Å². The lowest BCUT2D eigenvalue weighted by atomic mass is 9.97. The second-order valence-corrected chi connectivity index (χ2v) is 4.95. The van der Waals surface area contributed by atoms with Crippen LogP contribution in [-0.4, -0.2) is 24.3 Å². The molecule has 0 spiro atoms. The predicted molar refractivity (Wildman–Crippen MR) is 71.3 cm³/mol. The number of rotatable bonds is 4. The van der Waals surface area contributed by atoms with E-state index in [1.54, 1.807) is 12.1 Å². The summed E-state index contributed by atoms with van der Waals surface area (Å²) in [7, 11) is 0. The molecule has 2 rings (SSSR count). The van der Waals surface area contributed by atoms with Gasteiger partial charge in [0.05, 0.1) is 5.69 Å². The van der Waals surface area contributed by atoms with Crippen molar-refractivity contribution in [3.8, 4) is 0 Å². The van der Waals surface area contributed by atoms with E-state index >= 15 is 0 Å². The molecule has 3 N–H and O–H groups in total. The van der Waals surface area contributed by atoms with Gasteiger partial charge in [0.1, 0.15) is 5.82 Å². The molecule has 1 aromatic rings. The summed E-state index contributed by atoms with van der Waals surface area (Å²) in [5, 5.41) is 14.4. The number of anilines is 1. The standard InChI is InChI=1S/C14H19FN2O2/c15-12-6-1-2-7-13(12)17-14(19)16-8-10-4-3-5-11(10)9-18/h1-2,6-7,10-11,18H,3-5,8-9H2,(H2,16,17,19). The maximum Gasteiger partial charge on any atom is 0.319 e. The summed E-state index contributed by atoms with van der Waals surface area (Å²) < 4.78 is 13.3. The van der Waals surface area contributed by atoms with Crippen LogP contribution in [0.1, 0.15) is 19.3 Å². The summed E-state index contributed by atoms with van der Waals surface area (Å²) in [6, 6.07) is 5.64. The molecule has 4 nitrogen and oxygen atoms in total. The smallest absolute Gasteiger partial charge is 0.319 e. The molecule has 0 aromatic heterocycles. The fourth-order valence-corrected chi connectivity index (χ4v) is 2.58. The van der Waals surface area contributed by atoms with E-state index in [4.69, 9.17) is 0 Å². The summed E-state index contributed by atoms with van der Waals surface area (Å²) >= 11 is 0. The van der Waals surface area contributed by atoms with Crippen LogP contribution in [0.25, 0.3) is 0 Å². The first-order chi connectivity index (χ1) is 9.20. The highest BCUT2D eigenvalue weighted by atomic mass is 19.1. The van der Waals surface area contributed by atoms with Crippen LogP contribution in [0.5, 0.6) is 0 Å². The Bertz CT molecular complexity index is 439. The van der Waals surface area contributed by atoms with E-state index in [9.17, 15) is 14.3 Å². The molecule has 0 aliphatic heterocycles. The molecule has 1 aliphatic carbocycles. The number of urea groups is 1. The van der Waals surface area contributed by atoms with E-state index in [0.717, 1.165) is 19.3 Å². The van der Waals surface area contributed by atoms with Gasteiger partial charge in [0.15, 0.2) is 0 Å². The summed E-state index contributed by atoms with van der Waals surface area (Å²) in [5.41, 5.74) is 0.171. The summed E-state index contributed by atoms with van der Waals surface area (Å²) in [4.78, 5) is 11.7. The molecule has 1 fully saturated rings. The maximum absolute atomic E-state index is 13.3. The third-order valence-corrected chi connectivity index (χ3v) is 3.70. The zero-order valence-electron chi connectivity index (χ0n) is 10.7. The van der Waals surface area contributed by atoms with Gasteiger partial charge in [-0.15, -0.1) is 0 Å². The average molecular weight is 266 g/mol. The van der Waals surface area contributed by atoms with Crippen LogP contribution < -0.4 is 10.6 Å². The van der Waals surface area contributed by atoms with Crippen LogP contribution in [0.2, 0.25) is 0 Å². The lowest BCUT2D eigenvalue weighted by Crippen LogP contribution is -2.34. The van der Waals surface area contributed by atoms with Gasteiger partial charge in [-0.2, -0.15) is 0 Å². The Morgan fingerprint density at radius 1 is 1.32 bits per heavy atom. The zero-order valence-corrected chi connectivity index (χ0v) is 10.7. The minimum atomic E-state index is -0.452. The average Bonchev–Trinajstić information content (AvgIpc) is 2.86. The molecule has 0 saturated heterocycles. The first-order valence-electron chi connectivity index (χ1n) is 6.61. The number of hydrogen-bond donors (Lipinski definition) is 3. The van der Waals surface area contributed by atoms with Gasteiger partial charge in [-0.1, -0.05) is 18.6 Å². The summed E-state index contributed by atoms with van der Waals surface area (Å²) in [6.45, 7) is 0.687. The van der Waals surface area contributed by atoms with Crippen molar-refractivity contribution in [3.63, 3.8) is 0 Å². The molecule has 1 saturated carbocycles. The molecule has 0 heterocycles. The number of para-hydroxylation sites is 1. The SMILES string of the molecule is O=C(NCC1CCCC1CO)Nc1ccccc1F. The monoisotopic (exact) mass is 266 g/mol. The van der Waals surface area contributed by atoms with E-state index < -0.39 is 11.8 Å². The Kier molecular flexibility index (Phi) is 4.74. The Morgan fingerprint density at radius 3 is 2.79 bits per heavy atom. The van der Waals surface area contributed by atoms with E-state index in [0.29, 0.717) is 12.5 Å². The van der Waals surface area contributed by atoms with Crippen LogP contribution in [0.3, 0.4) is 0 Å². The Labute approximate surface area is 112 Å². The number of aliphatic hydroxyl groups is 1. The lowest BCUT2D eigenvalue weighted by Gasteiger charge is -2.18. The third kappa shape index (κ3) is 3.67. The second-order valence-electron chi connectivity index (χ2n) is 4.95. The van der Waals surface area contributed by atoms with Gasteiger partial charge < -0.3 is 15.7 Å².